The van der Waals surface area contributed by atoms with Crippen LogP contribution in [0.1, 0.15) is 72.9 Å². The van der Waals surface area contributed by atoms with E-state index in [1.54, 1.807) is 30.3 Å². The monoisotopic (exact) mass is 424 g/mol. The lowest BCUT2D eigenvalue weighted by Crippen LogP contribution is -2.41. The van der Waals surface area contributed by atoms with Crippen molar-refractivity contribution in [2.24, 2.45) is 5.92 Å². The second-order valence-electron chi connectivity index (χ2n) is 9.31. The lowest BCUT2D eigenvalue weighted by atomic mass is 9.86. The minimum atomic E-state index is -1.07. The molecule has 166 valence electrons. The highest BCUT2D eigenvalue weighted by atomic mass is 16.4. The summed E-state index contributed by atoms with van der Waals surface area (Å²) < 4.78 is 0. The molecular weight excluding hydrogens is 392 g/mol. The van der Waals surface area contributed by atoms with Gasteiger partial charge in [0, 0.05) is 16.8 Å². The number of hydrogen-bond donors (Lipinski definition) is 3. The van der Waals surface area contributed by atoms with Crippen molar-refractivity contribution in [3.63, 3.8) is 0 Å². The summed E-state index contributed by atoms with van der Waals surface area (Å²) in [4.78, 5) is 36.8. The van der Waals surface area contributed by atoms with E-state index in [1.807, 2.05) is 32.9 Å². The average molecular weight is 425 g/mol. The van der Waals surface area contributed by atoms with Crippen LogP contribution >= 0.6 is 0 Å². The molecule has 0 aromatic heterocycles. The molecule has 0 heterocycles. The minimum Gasteiger partial charge on any atom is -0.480 e. The molecule has 2 aromatic carbocycles. The van der Waals surface area contributed by atoms with Gasteiger partial charge in [0.25, 0.3) is 11.8 Å². The van der Waals surface area contributed by atoms with Crippen LogP contribution in [0.15, 0.2) is 42.5 Å². The molecule has 2 rings (SSSR count). The summed E-state index contributed by atoms with van der Waals surface area (Å²) in [6, 6.07) is 11.4. The Bertz CT molecular complexity index is 956. The molecule has 0 saturated carbocycles. The molecule has 0 bridgehead atoms. The van der Waals surface area contributed by atoms with Crippen molar-refractivity contribution in [2.75, 3.05) is 5.32 Å². The number of aryl methyl sites for hydroxylation is 1. The van der Waals surface area contributed by atoms with Crippen molar-refractivity contribution in [3.05, 3.63) is 64.7 Å². The molecule has 31 heavy (non-hydrogen) atoms. The molecule has 6 heteroatoms. The molecule has 0 saturated heterocycles. The second-order valence-corrected chi connectivity index (χ2v) is 9.31. The predicted octanol–water partition coefficient (Wildman–Crippen LogP) is 4.77. The van der Waals surface area contributed by atoms with E-state index in [0.29, 0.717) is 23.2 Å². The molecule has 0 radical (unpaired) electrons. The number of hydrogen-bond acceptors (Lipinski definition) is 3. The number of amides is 2. The molecule has 0 spiro atoms. The fourth-order valence-corrected chi connectivity index (χ4v) is 3.15. The quantitative estimate of drug-likeness (QED) is 0.596. The fourth-order valence-electron chi connectivity index (χ4n) is 3.15. The number of rotatable bonds is 7. The highest BCUT2D eigenvalue weighted by Crippen LogP contribution is 2.23. The largest absolute Gasteiger partial charge is 0.480 e. The van der Waals surface area contributed by atoms with Crippen LogP contribution in [0.5, 0.6) is 0 Å². The number of carboxylic acid groups (broad SMARTS) is 1. The van der Waals surface area contributed by atoms with Gasteiger partial charge in [-0.05, 0) is 60.1 Å². The Balaban J connectivity index is 2.17. The summed E-state index contributed by atoms with van der Waals surface area (Å²) in [6.07, 6.45) is 0.334. The van der Waals surface area contributed by atoms with E-state index in [4.69, 9.17) is 0 Å². The first-order chi connectivity index (χ1) is 14.4. The van der Waals surface area contributed by atoms with Crippen molar-refractivity contribution in [1.82, 2.24) is 5.32 Å². The van der Waals surface area contributed by atoms with Gasteiger partial charge in [-0.25, -0.2) is 4.79 Å². The van der Waals surface area contributed by atoms with E-state index < -0.39 is 17.9 Å². The minimum absolute atomic E-state index is 0.00331. The molecule has 0 aliphatic heterocycles. The van der Waals surface area contributed by atoms with Gasteiger partial charge in [-0.3, -0.25) is 9.59 Å². The van der Waals surface area contributed by atoms with Crippen LogP contribution in [-0.4, -0.2) is 28.9 Å². The Kier molecular flexibility index (Phi) is 7.60. The first kappa shape index (κ1) is 24.1. The summed E-state index contributed by atoms with van der Waals surface area (Å²) >= 11 is 0. The van der Waals surface area contributed by atoms with E-state index in [2.05, 4.69) is 31.4 Å². The SMILES string of the molecule is Cc1ccc(C(=O)NC(CC(C)C)C(=O)O)cc1NC(=O)c1ccc(C(C)(C)C)cc1. The number of carboxylic acids is 1. The standard InChI is InChI=1S/C25H32N2O4/c1-15(2)13-21(24(30)31)27-23(29)18-8-7-16(3)20(14-18)26-22(28)17-9-11-19(12-10-17)25(4,5)6/h7-12,14-15,21H,13H2,1-6H3,(H,26,28)(H,27,29)(H,30,31). The van der Waals surface area contributed by atoms with Gasteiger partial charge in [-0.2, -0.15) is 0 Å². The van der Waals surface area contributed by atoms with E-state index in [0.717, 1.165) is 11.1 Å². The molecule has 3 N–H and O–H groups in total. The molecule has 2 amide bonds. The number of carbonyl (C=O) groups is 3. The Morgan fingerprint density at radius 3 is 2.03 bits per heavy atom. The van der Waals surface area contributed by atoms with Gasteiger partial charge < -0.3 is 15.7 Å². The van der Waals surface area contributed by atoms with Crippen molar-refractivity contribution >= 4 is 23.5 Å². The number of nitrogens with one attached hydrogen (secondary N) is 2. The van der Waals surface area contributed by atoms with Gasteiger partial charge in [0.2, 0.25) is 0 Å². The first-order valence-corrected chi connectivity index (χ1v) is 10.4. The van der Waals surface area contributed by atoms with Crippen molar-refractivity contribution in [1.29, 1.82) is 0 Å². The zero-order chi connectivity index (χ0) is 23.3. The Morgan fingerprint density at radius 1 is 0.935 bits per heavy atom. The predicted molar refractivity (Wildman–Crippen MR) is 123 cm³/mol. The third kappa shape index (κ3) is 6.67. The summed E-state index contributed by atoms with van der Waals surface area (Å²) in [6.45, 7) is 12.0. The maximum absolute atomic E-state index is 12.7. The fraction of sp³-hybridized carbons (Fsp3) is 0.400. The molecular formula is C25H32N2O4. The number of aliphatic carboxylic acids is 1. The van der Waals surface area contributed by atoms with Crippen LogP contribution in [0.25, 0.3) is 0 Å². The summed E-state index contributed by atoms with van der Waals surface area (Å²) in [5.41, 5.74) is 3.25. The number of benzene rings is 2. The van der Waals surface area contributed by atoms with Crippen LogP contribution in [0.3, 0.4) is 0 Å². The average Bonchev–Trinajstić information content (AvgIpc) is 2.68. The molecule has 1 atom stereocenters. The maximum Gasteiger partial charge on any atom is 0.326 e. The zero-order valence-electron chi connectivity index (χ0n) is 19.1. The van der Waals surface area contributed by atoms with Crippen molar-refractivity contribution < 1.29 is 19.5 Å². The van der Waals surface area contributed by atoms with Crippen LogP contribution in [-0.2, 0) is 10.2 Å². The normalized spacial score (nSPS) is 12.4. The molecule has 6 nitrogen and oxygen atoms in total. The smallest absolute Gasteiger partial charge is 0.326 e. The molecule has 1 unspecified atom stereocenters. The van der Waals surface area contributed by atoms with Crippen LogP contribution in [0, 0.1) is 12.8 Å². The van der Waals surface area contributed by atoms with Gasteiger partial charge in [0.1, 0.15) is 6.04 Å². The van der Waals surface area contributed by atoms with Crippen LogP contribution < -0.4 is 10.6 Å². The first-order valence-electron chi connectivity index (χ1n) is 10.4. The molecule has 0 aliphatic carbocycles. The molecule has 0 aliphatic rings. The highest BCUT2D eigenvalue weighted by molar-refractivity contribution is 6.05. The third-order valence-electron chi connectivity index (χ3n) is 5.07. The van der Waals surface area contributed by atoms with Gasteiger partial charge in [0.05, 0.1) is 0 Å². The van der Waals surface area contributed by atoms with E-state index in [-0.39, 0.29) is 17.2 Å². The van der Waals surface area contributed by atoms with E-state index in [9.17, 15) is 19.5 Å². The number of carbonyl (C=O) groups excluding carboxylic acids is 2. The highest BCUT2D eigenvalue weighted by Gasteiger charge is 2.22. The Hall–Kier alpha value is -3.15. The van der Waals surface area contributed by atoms with Gasteiger partial charge in [-0.1, -0.05) is 52.8 Å². The van der Waals surface area contributed by atoms with Crippen LogP contribution in [0.2, 0.25) is 0 Å². The maximum atomic E-state index is 12.7. The van der Waals surface area contributed by atoms with E-state index in [1.165, 1.54) is 0 Å². The van der Waals surface area contributed by atoms with Gasteiger partial charge in [-0.15, -0.1) is 0 Å². The Morgan fingerprint density at radius 2 is 1.52 bits per heavy atom. The topological polar surface area (TPSA) is 95.5 Å². The van der Waals surface area contributed by atoms with Crippen molar-refractivity contribution in [3.8, 4) is 0 Å². The lowest BCUT2D eigenvalue weighted by Gasteiger charge is -2.19. The van der Waals surface area contributed by atoms with Crippen LogP contribution in [0.4, 0.5) is 5.69 Å². The number of anilines is 1. The van der Waals surface area contributed by atoms with Gasteiger partial charge >= 0.3 is 5.97 Å². The molecule has 0 fully saturated rings. The summed E-state index contributed by atoms with van der Waals surface area (Å²) in [5, 5.41) is 14.8. The lowest BCUT2D eigenvalue weighted by molar-refractivity contribution is -0.139. The van der Waals surface area contributed by atoms with Crippen molar-refractivity contribution in [2.45, 2.75) is 59.4 Å². The summed E-state index contributed by atoms with van der Waals surface area (Å²) in [5.74, 6) is -1.71. The zero-order valence-corrected chi connectivity index (χ0v) is 19.1. The van der Waals surface area contributed by atoms with E-state index >= 15 is 0 Å². The Labute approximate surface area is 184 Å². The van der Waals surface area contributed by atoms with Gasteiger partial charge in [0.15, 0.2) is 0 Å². The second kappa shape index (κ2) is 9.77. The summed E-state index contributed by atoms with van der Waals surface area (Å²) in [7, 11) is 0. The molecule has 2 aromatic rings. The third-order valence-corrected chi connectivity index (χ3v) is 5.07.